The fourth-order valence-corrected chi connectivity index (χ4v) is 1.36. The van der Waals surface area contributed by atoms with Gasteiger partial charge in [-0.25, -0.2) is 0 Å². The van der Waals surface area contributed by atoms with Crippen molar-refractivity contribution in [2.75, 3.05) is 0 Å². The van der Waals surface area contributed by atoms with E-state index in [1.54, 1.807) is 6.20 Å². The number of nitrogens with zero attached hydrogens (tertiary/aromatic N) is 1. The van der Waals surface area contributed by atoms with Crippen LogP contribution in [0.4, 0.5) is 0 Å². The Labute approximate surface area is 86.0 Å². The van der Waals surface area contributed by atoms with Gasteiger partial charge in [-0.15, -0.1) is 0 Å². The van der Waals surface area contributed by atoms with E-state index >= 15 is 0 Å². The van der Waals surface area contributed by atoms with Crippen molar-refractivity contribution in [3.05, 3.63) is 30.1 Å². The van der Waals surface area contributed by atoms with Gasteiger partial charge in [0.25, 0.3) is 0 Å². The van der Waals surface area contributed by atoms with Gasteiger partial charge in [-0.2, -0.15) is 0 Å². The standard InChI is InChI=1S/C12H19NO/c1-9(2)10(3)12(14)8-11-6-4-5-7-13-11/h4-7,9-10,12,14H,8H2,1-3H3. The Hall–Kier alpha value is -0.890. The SMILES string of the molecule is CC(C)C(C)C(O)Cc1ccccn1. The average molecular weight is 193 g/mol. The van der Waals surface area contributed by atoms with Crippen molar-refractivity contribution in [3.8, 4) is 0 Å². The number of rotatable bonds is 4. The average Bonchev–Trinajstić information content (AvgIpc) is 2.18. The number of hydrogen-bond donors (Lipinski definition) is 1. The van der Waals surface area contributed by atoms with Crippen molar-refractivity contribution in [2.24, 2.45) is 11.8 Å². The Balaban J connectivity index is 2.53. The van der Waals surface area contributed by atoms with Gasteiger partial charge in [-0.05, 0) is 24.0 Å². The first-order chi connectivity index (χ1) is 6.61. The number of aliphatic hydroxyl groups is 1. The van der Waals surface area contributed by atoms with Gasteiger partial charge in [0.1, 0.15) is 0 Å². The normalized spacial score (nSPS) is 15.5. The van der Waals surface area contributed by atoms with Crippen LogP contribution in [-0.2, 0) is 6.42 Å². The molecule has 2 atom stereocenters. The smallest absolute Gasteiger partial charge is 0.0623 e. The highest BCUT2D eigenvalue weighted by Crippen LogP contribution is 2.17. The summed E-state index contributed by atoms with van der Waals surface area (Å²) in [5.74, 6) is 0.825. The van der Waals surface area contributed by atoms with E-state index in [1.165, 1.54) is 0 Å². The topological polar surface area (TPSA) is 33.1 Å². The highest BCUT2D eigenvalue weighted by atomic mass is 16.3. The van der Waals surface area contributed by atoms with Crippen LogP contribution in [-0.4, -0.2) is 16.2 Å². The third-order valence-electron chi connectivity index (χ3n) is 2.80. The summed E-state index contributed by atoms with van der Waals surface area (Å²) in [4.78, 5) is 4.20. The lowest BCUT2D eigenvalue weighted by Crippen LogP contribution is -2.24. The van der Waals surface area contributed by atoms with Crippen molar-refractivity contribution in [2.45, 2.75) is 33.3 Å². The second-order valence-corrected chi connectivity index (χ2v) is 4.20. The quantitative estimate of drug-likeness (QED) is 0.795. The molecule has 78 valence electrons. The summed E-state index contributed by atoms with van der Waals surface area (Å²) in [6.45, 7) is 6.34. The Morgan fingerprint density at radius 2 is 2.00 bits per heavy atom. The van der Waals surface area contributed by atoms with E-state index in [9.17, 15) is 5.11 Å². The van der Waals surface area contributed by atoms with Gasteiger partial charge in [-0.3, -0.25) is 4.98 Å². The van der Waals surface area contributed by atoms with E-state index in [1.807, 2.05) is 18.2 Å². The van der Waals surface area contributed by atoms with Gasteiger partial charge in [0.05, 0.1) is 6.10 Å². The summed E-state index contributed by atoms with van der Waals surface area (Å²) in [6, 6.07) is 5.80. The molecule has 1 N–H and O–H groups in total. The van der Waals surface area contributed by atoms with Crippen LogP contribution in [0.25, 0.3) is 0 Å². The van der Waals surface area contributed by atoms with Crippen molar-refractivity contribution >= 4 is 0 Å². The minimum Gasteiger partial charge on any atom is -0.392 e. The zero-order chi connectivity index (χ0) is 10.6. The van der Waals surface area contributed by atoms with Crippen molar-refractivity contribution in [1.82, 2.24) is 4.98 Å². The fourth-order valence-electron chi connectivity index (χ4n) is 1.36. The summed E-state index contributed by atoms with van der Waals surface area (Å²) < 4.78 is 0. The summed E-state index contributed by atoms with van der Waals surface area (Å²) in [7, 11) is 0. The minimum atomic E-state index is -0.287. The monoisotopic (exact) mass is 193 g/mol. The first-order valence-corrected chi connectivity index (χ1v) is 5.19. The molecule has 2 heteroatoms. The van der Waals surface area contributed by atoms with Gasteiger partial charge in [0.15, 0.2) is 0 Å². The molecule has 2 nitrogen and oxygen atoms in total. The molecule has 0 saturated carbocycles. The van der Waals surface area contributed by atoms with E-state index in [0.717, 1.165) is 5.69 Å². The van der Waals surface area contributed by atoms with Gasteiger partial charge < -0.3 is 5.11 Å². The molecule has 2 unspecified atom stereocenters. The molecule has 0 aliphatic heterocycles. The zero-order valence-corrected chi connectivity index (χ0v) is 9.14. The van der Waals surface area contributed by atoms with E-state index in [-0.39, 0.29) is 6.10 Å². The van der Waals surface area contributed by atoms with Gasteiger partial charge in [0, 0.05) is 18.3 Å². The lowest BCUT2D eigenvalue weighted by molar-refractivity contribution is 0.0913. The van der Waals surface area contributed by atoms with E-state index in [4.69, 9.17) is 0 Å². The maximum atomic E-state index is 9.90. The Kier molecular flexibility index (Phi) is 4.08. The lowest BCUT2D eigenvalue weighted by atomic mass is 9.90. The highest BCUT2D eigenvalue weighted by Gasteiger charge is 2.18. The number of aromatic nitrogens is 1. The third kappa shape index (κ3) is 3.11. The minimum absolute atomic E-state index is 0.287. The third-order valence-corrected chi connectivity index (χ3v) is 2.80. The van der Waals surface area contributed by atoms with Crippen LogP contribution in [0.1, 0.15) is 26.5 Å². The molecule has 0 radical (unpaired) electrons. The van der Waals surface area contributed by atoms with Crippen LogP contribution in [0.2, 0.25) is 0 Å². The summed E-state index contributed by atoms with van der Waals surface area (Å²) in [5.41, 5.74) is 0.965. The molecular formula is C12H19NO. The van der Waals surface area contributed by atoms with Crippen LogP contribution in [0.3, 0.4) is 0 Å². The Morgan fingerprint density at radius 3 is 2.50 bits per heavy atom. The first kappa shape index (κ1) is 11.2. The molecule has 0 aliphatic carbocycles. The van der Waals surface area contributed by atoms with Gasteiger partial charge in [0.2, 0.25) is 0 Å². The fraction of sp³-hybridized carbons (Fsp3) is 0.583. The second kappa shape index (κ2) is 5.11. The molecule has 0 fully saturated rings. The van der Waals surface area contributed by atoms with Crippen LogP contribution in [0, 0.1) is 11.8 Å². The van der Waals surface area contributed by atoms with Crippen LogP contribution in [0.15, 0.2) is 24.4 Å². The van der Waals surface area contributed by atoms with Crippen molar-refractivity contribution in [1.29, 1.82) is 0 Å². The number of pyridine rings is 1. The summed E-state index contributed by atoms with van der Waals surface area (Å²) in [5, 5.41) is 9.90. The molecule has 1 aromatic heterocycles. The Bertz CT molecular complexity index is 258. The predicted molar refractivity (Wildman–Crippen MR) is 57.9 cm³/mol. The second-order valence-electron chi connectivity index (χ2n) is 4.20. The Morgan fingerprint density at radius 1 is 1.29 bits per heavy atom. The molecule has 0 bridgehead atoms. The molecule has 0 aromatic carbocycles. The van der Waals surface area contributed by atoms with Crippen LogP contribution >= 0.6 is 0 Å². The summed E-state index contributed by atoms with van der Waals surface area (Å²) >= 11 is 0. The van der Waals surface area contributed by atoms with Gasteiger partial charge >= 0.3 is 0 Å². The molecule has 1 aromatic rings. The van der Waals surface area contributed by atoms with Crippen LogP contribution < -0.4 is 0 Å². The zero-order valence-electron chi connectivity index (χ0n) is 9.14. The molecule has 0 saturated heterocycles. The molecule has 0 aliphatic rings. The largest absolute Gasteiger partial charge is 0.392 e. The van der Waals surface area contributed by atoms with Gasteiger partial charge in [-0.1, -0.05) is 26.8 Å². The first-order valence-electron chi connectivity index (χ1n) is 5.19. The predicted octanol–water partition coefficient (Wildman–Crippen LogP) is 2.28. The highest BCUT2D eigenvalue weighted by molar-refractivity contribution is 5.04. The van der Waals surface area contributed by atoms with Crippen molar-refractivity contribution in [3.63, 3.8) is 0 Å². The number of hydrogen-bond acceptors (Lipinski definition) is 2. The van der Waals surface area contributed by atoms with E-state index in [2.05, 4.69) is 25.8 Å². The maximum Gasteiger partial charge on any atom is 0.0623 e. The lowest BCUT2D eigenvalue weighted by Gasteiger charge is -2.21. The van der Waals surface area contributed by atoms with Crippen molar-refractivity contribution < 1.29 is 5.11 Å². The number of aliphatic hydroxyl groups excluding tert-OH is 1. The molecule has 14 heavy (non-hydrogen) atoms. The van der Waals surface area contributed by atoms with E-state index in [0.29, 0.717) is 18.3 Å². The molecule has 1 heterocycles. The molecule has 1 rings (SSSR count). The van der Waals surface area contributed by atoms with E-state index < -0.39 is 0 Å². The molecule has 0 amide bonds. The molecular weight excluding hydrogens is 174 g/mol. The maximum absolute atomic E-state index is 9.90. The van der Waals surface area contributed by atoms with Crippen LogP contribution in [0.5, 0.6) is 0 Å². The molecule has 0 spiro atoms. The summed E-state index contributed by atoms with van der Waals surface area (Å²) in [6.07, 6.45) is 2.13.